The molecule has 0 radical (unpaired) electrons. The average molecular weight is 472 g/mol. The Morgan fingerprint density at radius 1 is 1.09 bits per heavy atom. The van der Waals surface area contributed by atoms with Crippen LogP contribution in [-0.4, -0.2) is 36.9 Å². The molecule has 1 heterocycles. The van der Waals surface area contributed by atoms with Crippen molar-refractivity contribution in [2.75, 3.05) is 18.4 Å². The number of para-hydroxylation sites is 1. The first kappa shape index (κ1) is 24.5. The Morgan fingerprint density at radius 3 is 2.42 bits per heavy atom. The maximum atomic E-state index is 13.0. The third kappa shape index (κ3) is 5.26. The topological polar surface area (TPSA) is 102 Å². The van der Waals surface area contributed by atoms with E-state index in [2.05, 4.69) is 10.5 Å². The molecule has 1 amide bonds. The summed E-state index contributed by atoms with van der Waals surface area (Å²) in [7, 11) is -3.66. The van der Waals surface area contributed by atoms with Crippen molar-refractivity contribution in [3.05, 3.63) is 70.6 Å². The van der Waals surface area contributed by atoms with E-state index < -0.39 is 15.9 Å². The molecule has 0 bridgehead atoms. The number of hydrogen-bond donors (Lipinski definition) is 1. The van der Waals surface area contributed by atoms with Gasteiger partial charge >= 0.3 is 0 Å². The van der Waals surface area contributed by atoms with Gasteiger partial charge in [-0.25, -0.2) is 8.42 Å². The zero-order chi connectivity index (χ0) is 24.2. The number of anilines is 1. The van der Waals surface area contributed by atoms with Crippen molar-refractivity contribution in [3.63, 3.8) is 0 Å². The Bertz CT molecular complexity index is 1230. The number of benzene rings is 2. The summed E-state index contributed by atoms with van der Waals surface area (Å²) in [5.74, 6) is 0.661. The third-order valence-corrected chi connectivity index (χ3v) is 7.65. The largest absolute Gasteiger partial charge is 0.488 e. The van der Waals surface area contributed by atoms with Crippen molar-refractivity contribution in [2.24, 2.45) is 0 Å². The molecular weight excluding hydrogens is 442 g/mol. The second-order valence-corrected chi connectivity index (χ2v) is 9.52. The second kappa shape index (κ2) is 10.2. The summed E-state index contributed by atoms with van der Waals surface area (Å²) in [5, 5.41) is 6.71. The first-order chi connectivity index (χ1) is 15.7. The molecule has 0 aliphatic heterocycles. The predicted octanol–water partition coefficient (Wildman–Crippen LogP) is 4.46. The van der Waals surface area contributed by atoms with Crippen LogP contribution in [0, 0.1) is 20.8 Å². The van der Waals surface area contributed by atoms with Gasteiger partial charge in [-0.2, -0.15) is 4.31 Å². The highest BCUT2D eigenvalue weighted by Crippen LogP contribution is 2.26. The number of carbonyl (C=O) groups is 1. The van der Waals surface area contributed by atoms with Crippen molar-refractivity contribution in [2.45, 2.75) is 46.1 Å². The molecule has 0 saturated heterocycles. The van der Waals surface area contributed by atoms with Crippen LogP contribution in [0.4, 0.5) is 5.69 Å². The SMILES string of the molecule is CCN(CC)S(=O)(=O)c1cc(NC(=O)c2ccccc2OCc2c(C)noc2C)ccc1C. The normalized spacial score (nSPS) is 11.6. The van der Waals surface area contributed by atoms with Gasteiger partial charge in [0, 0.05) is 18.8 Å². The van der Waals surface area contributed by atoms with Crippen LogP contribution in [0.15, 0.2) is 51.9 Å². The molecular formula is C24H29N3O5S. The molecule has 33 heavy (non-hydrogen) atoms. The average Bonchev–Trinajstić information content (AvgIpc) is 3.11. The standard InChI is InChI=1S/C24H29N3O5S/c1-6-27(7-2)33(29,30)23-14-19(13-12-16(23)3)25-24(28)20-10-8-9-11-22(20)31-15-21-17(4)26-32-18(21)5/h8-14H,6-7,15H2,1-5H3,(H,25,28). The van der Waals surface area contributed by atoms with Gasteiger partial charge in [0.2, 0.25) is 10.0 Å². The number of carbonyl (C=O) groups excluding carboxylic acids is 1. The van der Waals surface area contributed by atoms with E-state index in [1.54, 1.807) is 64.1 Å². The first-order valence-electron chi connectivity index (χ1n) is 10.7. The first-order valence-corrected chi connectivity index (χ1v) is 12.2. The summed E-state index contributed by atoms with van der Waals surface area (Å²) in [4.78, 5) is 13.2. The number of sulfonamides is 1. The number of nitrogens with one attached hydrogen (secondary N) is 1. The number of aryl methyl sites for hydroxylation is 3. The lowest BCUT2D eigenvalue weighted by Gasteiger charge is -2.20. The van der Waals surface area contributed by atoms with Gasteiger partial charge in [0.1, 0.15) is 18.1 Å². The number of hydrogen-bond acceptors (Lipinski definition) is 6. The van der Waals surface area contributed by atoms with Crippen LogP contribution in [-0.2, 0) is 16.6 Å². The predicted molar refractivity (Wildman–Crippen MR) is 126 cm³/mol. The molecule has 0 atom stereocenters. The lowest BCUT2D eigenvalue weighted by molar-refractivity contribution is 0.102. The highest BCUT2D eigenvalue weighted by Gasteiger charge is 2.24. The van der Waals surface area contributed by atoms with Crippen LogP contribution in [0.3, 0.4) is 0 Å². The smallest absolute Gasteiger partial charge is 0.259 e. The summed E-state index contributed by atoms with van der Waals surface area (Å²) >= 11 is 0. The van der Waals surface area contributed by atoms with E-state index in [9.17, 15) is 13.2 Å². The van der Waals surface area contributed by atoms with E-state index in [1.165, 1.54) is 10.4 Å². The fourth-order valence-electron chi connectivity index (χ4n) is 3.49. The Hall–Kier alpha value is -3.17. The highest BCUT2D eigenvalue weighted by atomic mass is 32.2. The molecule has 3 rings (SSSR count). The zero-order valence-electron chi connectivity index (χ0n) is 19.5. The lowest BCUT2D eigenvalue weighted by Crippen LogP contribution is -2.31. The summed E-state index contributed by atoms with van der Waals surface area (Å²) < 4.78 is 38.5. The van der Waals surface area contributed by atoms with Gasteiger partial charge in [-0.1, -0.05) is 37.2 Å². The fourth-order valence-corrected chi connectivity index (χ4v) is 5.20. The van der Waals surface area contributed by atoms with Crippen LogP contribution in [0.25, 0.3) is 0 Å². The van der Waals surface area contributed by atoms with Gasteiger partial charge in [-0.05, 0) is 50.6 Å². The molecule has 9 heteroatoms. The minimum absolute atomic E-state index is 0.173. The van der Waals surface area contributed by atoms with E-state index in [4.69, 9.17) is 9.26 Å². The van der Waals surface area contributed by atoms with E-state index >= 15 is 0 Å². The van der Waals surface area contributed by atoms with Crippen molar-refractivity contribution in [1.29, 1.82) is 0 Å². The molecule has 3 aromatic rings. The fraction of sp³-hybridized carbons (Fsp3) is 0.333. The van der Waals surface area contributed by atoms with Crippen LogP contribution >= 0.6 is 0 Å². The van der Waals surface area contributed by atoms with Gasteiger partial charge in [0.05, 0.1) is 21.7 Å². The van der Waals surface area contributed by atoms with E-state index in [-0.39, 0.29) is 11.5 Å². The molecule has 2 aromatic carbocycles. The second-order valence-electron chi connectivity index (χ2n) is 7.61. The van der Waals surface area contributed by atoms with Gasteiger partial charge in [0.15, 0.2) is 0 Å². The Morgan fingerprint density at radius 2 is 1.79 bits per heavy atom. The molecule has 1 aromatic heterocycles. The Balaban J connectivity index is 1.84. The van der Waals surface area contributed by atoms with Gasteiger partial charge < -0.3 is 14.6 Å². The van der Waals surface area contributed by atoms with Gasteiger partial charge in [-0.15, -0.1) is 0 Å². The van der Waals surface area contributed by atoms with E-state index in [0.717, 1.165) is 11.3 Å². The minimum Gasteiger partial charge on any atom is -0.488 e. The van der Waals surface area contributed by atoms with E-state index in [1.807, 2.05) is 6.92 Å². The van der Waals surface area contributed by atoms with Crippen molar-refractivity contribution in [3.8, 4) is 5.75 Å². The molecule has 176 valence electrons. The Labute approximate surface area is 194 Å². The zero-order valence-corrected chi connectivity index (χ0v) is 20.3. The molecule has 0 spiro atoms. The summed E-state index contributed by atoms with van der Waals surface area (Å²) in [6, 6.07) is 11.7. The maximum Gasteiger partial charge on any atom is 0.259 e. The number of nitrogens with zero attached hydrogens (tertiary/aromatic N) is 2. The molecule has 0 aliphatic carbocycles. The number of aromatic nitrogens is 1. The summed E-state index contributed by atoms with van der Waals surface area (Å²) in [5.41, 5.74) is 2.89. The molecule has 0 unspecified atom stereocenters. The minimum atomic E-state index is -3.66. The maximum absolute atomic E-state index is 13.0. The van der Waals surface area contributed by atoms with Crippen LogP contribution in [0.5, 0.6) is 5.75 Å². The number of amides is 1. The number of ether oxygens (including phenoxy) is 1. The molecule has 1 N–H and O–H groups in total. The van der Waals surface area contributed by atoms with Crippen LogP contribution in [0.2, 0.25) is 0 Å². The Kier molecular flexibility index (Phi) is 7.55. The summed E-state index contributed by atoms with van der Waals surface area (Å²) in [6.07, 6.45) is 0. The van der Waals surface area contributed by atoms with Crippen molar-refractivity contribution < 1.29 is 22.5 Å². The summed E-state index contributed by atoms with van der Waals surface area (Å²) in [6.45, 7) is 9.90. The van der Waals surface area contributed by atoms with Gasteiger partial charge in [0.25, 0.3) is 5.91 Å². The quantitative estimate of drug-likeness (QED) is 0.494. The van der Waals surface area contributed by atoms with Crippen LogP contribution in [0.1, 0.15) is 46.8 Å². The highest BCUT2D eigenvalue weighted by molar-refractivity contribution is 7.89. The molecule has 0 fully saturated rings. The van der Waals surface area contributed by atoms with Crippen molar-refractivity contribution in [1.82, 2.24) is 9.46 Å². The van der Waals surface area contributed by atoms with Crippen molar-refractivity contribution >= 4 is 21.6 Å². The van der Waals surface area contributed by atoms with E-state index in [0.29, 0.717) is 41.4 Å². The molecule has 8 nitrogen and oxygen atoms in total. The van der Waals surface area contributed by atoms with Gasteiger partial charge in [-0.3, -0.25) is 4.79 Å². The number of rotatable bonds is 9. The lowest BCUT2D eigenvalue weighted by atomic mass is 10.1. The molecule has 0 saturated carbocycles. The molecule has 0 aliphatic rings. The van der Waals surface area contributed by atoms with Crippen LogP contribution < -0.4 is 10.1 Å². The third-order valence-electron chi connectivity index (χ3n) is 5.45. The monoisotopic (exact) mass is 471 g/mol.